The Hall–Kier alpha value is -4.20. The molecule has 0 spiro atoms. The van der Waals surface area contributed by atoms with Crippen LogP contribution in [0.4, 0.5) is 0 Å². The number of benzene rings is 2. The summed E-state index contributed by atoms with van der Waals surface area (Å²) >= 11 is 0. The Balaban J connectivity index is 1.66. The molecule has 8 heteroatoms. The van der Waals surface area contributed by atoms with Crippen LogP contribution in [0.2, 0.25) is 0 Å². The van der Waals surface area contributed by atoms with Crippen LogP contribution in [-0.2, 0) is 16.1 Å². The van der Waals surface area contributed by atoms with E-state index in [1.165, 1.54) is 35.0 Å². The Morgan fingerprint density at radius 1 is 1.00 bits per heavy atom. The van der Waals surface area contributed by atoms with Crippen LogP contribution in [-0.4, -0.2) is 41.4 Å². The van der Waals surface area contributed by atoms with E-state index in [1.807, 2.05) is 54.6 Å². The Morgan fingerprint density at radius 2 is 1.73 bits per heavy atom. The van der Waals surface area contributed by atoms with Gasteiger partial charge < -0.3 is 14.0 Å². The topological polar surface area (TPSA) is 90.2 Å². The number of amides is 1. The Bertz CT molecular complexity index is 1250. The molecule has 0 fully saturated rings. The number of aromatic nitrogens is 1. The molecule has 0 bridgehead atoms. The van der Waals surface area contributed by atoms with E-state index in [0.29, 0.717) is 12.2 Å². The minimum Gasteiger partial charge on any atom is -0.497 e. The standard InChI is InChI=1S/C25H23N3O5/c1-32-20-11-8-18(9-12-20)22-14-21(17-6-4-3-5-7-17)26-28(22)24(30)16-27-15-19(25(31)33-2)10-13-23(27)29/h3-13,15,22H,14,16H2,1-2H3. The zero-order valence-electron chi connectivity index (χ0n) is 18.3. The second-order valence-electron chi connectivity index (χ2n) is 7.52. The van der Waals surface area contributed by atoms with E-state index in [-0.39, 0.29) is 24.1 Å². The van der Waals surface area contributed by atoms with E-state index in [0.717, 1.165) is 16.8 Å². The maximum Gasteiger partial charge on any atom is 0.339 e. The molecule has 0 saturated carbocycles. The molecule has 8 nitrogen and oxygen atoms in total. The Morgan fingerprint density at radius 3 is 2.39 bits per heavy atom. The highest BCUT2D eigenvalue weighted by molar-refractivity contribution is 6.03. The maximum atomic E-state index is 13.3. The summed E-state index contributed by atoms with van der Waals surface area (Å²) in [6, 6.07) is 19.4. The molecule has 1 atom stereocenters. The van der Waals surface area contributed by atoms with Gasteiger partial charge in [-0.2, -0.15) is 5.10 Å². The largest absolute Gasteiger partial charge is 0.497 e. The van der Waals surface area contributed by atoms with E-state index in [4.69, 9.17) is 9.47 Å². The zero-order chi connectivity index (χ0) is 23.4. The number of carbonyl (C=O) groups excluding carboxylic acids is 2. The van der Waals surface area contributed by atoms with Crippen molar-refractivity contribution in [2.45, 2.75) is 19.0 Å². The van der Waals surface area contributed by atoms with Crippen LogP contribution in [0.1, 0.15) is 33.9 Å². The highest BCUT2D eigenvalue weighted by Crippen LogP contribution is 2.33. The normalized spacial score (nSPS) is 15.2. The molecule has 1 aromatic heterocycles. The number of rotatable bonds is 6. The Labute approximate surface area is 190 Å². The number of carbonyl (C=O) groups is 2. The number of hydrazone groups is 1. The summed E-state index contributed by atoms with van der Waals surface area (Å²) in [5.74, 6) is -0.242. The lowest BCUT2D eigenvalue weighted by molar-refractivity contribution is -0.133. The molecule has 168 valence electrons. The Kier molecular flexibility index (Phi) is 6.35. The van der Waals surface area contributed by atoms with Crippen molar-refractivity contribution < 1.29 is 19.1 Å². The fraction of sp³-hybridized carbons (Fsp3) is 0.200. The second kappa shape index (κ2) is 9.52. The fourth-order valence-electron chi connectivity index (χ4n) is 3.74. The maximum absolute atomic E-state index is 13.3. The van der Waals surface area contributed by atoms with Gasteiger partial charge in [-0.15, -0.1) is 0 Å². The van der Waals surface area contributed by atoms with Crippen LogP contribution in [0.25, 0.3) is 0 Å². The molecule has 0 saturated heterocycles. The molecule has 2 heterocycles. The van der Waals surface area contributed by atoms with Crippen molar-refractivity contribution in [3.63, 3.8) is 0 Å². The van der Waals surface area contributed by atoms with Gasteiger partial charge in [0.1, 0.15) is 12.3 Å². The molecule has 3 aromatic rings. The van der Waals surface area contributed by atoms with E-state index < -0.39 is 11.5 Å². The average molecular weight is 445 g/mol. The molecule has 1 aliphatic heterocycles. The van der Waals surface area contributed by atoms with Gasteiger partial charge in [0.05, 0.1) is 31.5 Å². The third-order valence-corrected chi connectivity index (χ3v) is 5.48. The molecule has 0 radical (unpaired) electrons. The molecular weight excluding hydrogens is 422 g/mol. The average Bonchev–Trinajstić information content (AvgIpc) is 3.31. The molecular formula is C25H23N3O5. The lowest BCUT2D eigenvalue weighted by Crippen LogP contribution is -2.34. The quantitative estimate of drug-likeness (QED) is 0.544. The number of nitrogens with zero attached hydrogens (tertiary/aromatic N) is 3. The minimum absolute atomic E-state index is 0.187. The molecule has 2 aromatic carbocycles. The fourth-order valence-corrected chi connectivity index (χ4v) is 3.74. The monoisotopic (exact) mass is 445 g/mol. The van der Waals surface area contributed by atoms with Crippen molar-refractivity contribution >= 4 is 17.6 Å². The third-order valence-electron chi connectivity index (χ3n) is 5.48. The number of methoxy groups -OCH3 is 2. The van der Waals surface area contributed by atoms with Gasteiger partial charge in [-0.3, -0.25) is 9.59 Å². The van der Waals surface area contributed by atoms with Crippen LogP contribution in [0.5, 0.6) is 5.75 Å². The minimum atomic E-state index is -0.585. The lowest BCUT2D eigenvalue weighted by atomic mass is 9.98. The molecule has 0 aliphatic carbocycles. The number of hydrogen-bond acceptors (Lipinski definition) is 6. The lowest BCUT2D eigenvalue weighted by Gasteiger charge is -2.22. The summed E-state index contributed by atoms with van der Waals surface area (Å²) in [6.07, 6.45) is 1.85. The summed E-state index contributed by atoms with van der Waals surface area (Å²) in [4.78, 5) is 37.5. The highest BCUT2D eigenvalue weighted by Gasteiger charge is 2.33. The molecule has 4 rings (SSSR count). The number of esters is 1. The van der Waals surface area contributed by atoms with Gasteiger partial charge in [0, 0.05) is 18.7 Å². The van der Waals surface area contributed by atoms with Crippen molar-refractivity contribution in [2.75, 3.05) is 14.2 Å². The van der Waals surface area contributed by atoms with Gasteiger partial charge in [-0.1, -0.05) is 42.5 Å². The van der Waals surface area contributed by atoms with Gasteiger partial charge in [-0.05, 0) is 29.3 Å². The molecule has 1 unspecified atom stereocenters. The molecule has 1 aliphatic rings. The number of pyridine rings is 1. The summed E-state index contributed by atoms with van der Waals surface area (Å²) in [5.41, 5.74) is 2.39. The SMILES string of the molecule is COC(=O)c1ccc(=O)n(CC(=O)N2N=C(c3ccccc3)CC2c2ccc(OC)cc2)c1. The molecule has 1 amide bonds. The van der Waals surface area contributed by atoms with E-state index >= 15 is 0 Å². The summed E-state index contributed by atoms with van der Waals surface area (Å²) < 4.78 is 11.1. The van der Waals surface area contributed by atoms with Crippen LogP contribution in [0.3, 0.4) is 0 Å². The van der Waals surface area contributed by atoms with Gasteiger partial charge in [-0.25, -0.2) is 9.80 Å². The number of hydrogen-bond donors (Lipinski definition) is 0. The van der Waals surface area contributed by atoms with Crippen molar-refractivity contribution in [3.8, 4) is 5.75 Å². The van der Waals surface area contributed by atoms with Crippen molar-refractivity contribution in [2.24, 2.45) is 5.10 Å². The summed E-state index contributed by atoms with van der Waals surface area (Å²) in [6.45, 7) is -0.262. The predicted molar refractivity (Wildman–Crippen MR) is 122 cm³/mol. The van der Waals surface area contributed by atoms with Crippen LogP contribution < -0.4 is 10.3 Å². The van der Waals surface area contributed by atoms with Crippen LogP contribution in [0, 0.1) is 0 Å². The number of ether oxygens (including phenoxy) is 2. The van der Waals surface area contributed by atoms with Gasteiger partial charge in [0.2, 0.25) is 0 Å². The second-order valence-corrected chi connectivity index (χ2v) is 7.52. The van der Waals surface area contributed by atoms with Gasteiger partial charge >= 0.3 is 5.97 Å². The summed E-state index contributed by atoms with van der Waals surface area (Å²) in [5, 5.41) is 6.04. The van der Waals surface area contributed by atoms with E-state index in [9.17, 15) is 14.4 Å². The van der Waals surface area contributed by atoms with Crippen molar-refractivity contribution in [1.82, 2.24) is 9.58 Å². The van der Waals surface area contributed by atoms with Crippen molar-refractivity contribution in [1.29, 1.82) is 0 Å². The van der Waals surface area contributed by atoms with Crippen molar-refractivity contribution in [3.05, 3.63) is 100.0 Å². The smallest absolute Gasteiger partial charge is 0.339 e. The third kappa shape index (κ3) is 4.69. The van der Waals surface area contributed by atoms with Crippen LogP contribution >= 0.6 is 0 Å². The molecule has 0 N–H and O–H groups in total. The first kappa shape index (κ1) is 22.0. The zero-order valence-corrected chi connectivity index (χ0v) is 18.3. The van der Waals surface area contributed by atoms with E-state index in [1.54, 1.807) is 7.11 Å². The molecule has 33 heavy (non-hydrogen) atoms. The van der Waals surface area contributed by atoms with E-state index in [2.05, 4.69) is 5.10 Å². The first-order chi connectivity index (χ1) is 16.0. The predicted octanol–water partition coefficient (Wildman–Crippen LogP) is 3.02. The van der Waals surface area contributed by atoms with Gasteiger partial charge in [0.15, 0.2) is 0 Å². The summed E-state index contributed by atoms with van der Waals surface area (Å²) in [7, 11) is 2.85. The first-order valence-corrected chi connectivity index (χ1v) is 10.4. The van der Waals surface area contributed by atoms with Gasteiger partial charge in [0.25, 0.3) is 11.5 Å². The first-order valence-electron chi connectivity index (χ1n) is 10.4. The highest BCUT2D eigenvalue weighted by atomic mass is 16.5. The van der Waals surface area contributed by atoms with Crippen LogP contribution in [0.15, 0.2) is 82.8 Å².